The summed E-state index contributed by atoms with van der Waals surface area (Å²) in [6, 6.07) is 2.44. The molecule has 0 radical (unpaired) electrons. The number of carbonyl (C=O) groups excluding carboxylic acids is 1. The van der Waals surface area contributed by atoms with E-state index in [-0.39, 0.29) is 5.91 Å². The van der Waals surface area contributed by atoms with Crippen molar-refractivity contribution in [3.8, 4) is 0 Å². The van der Waals surface area contributed by atoms with Gasteiger partial charge in [-0.3, -0.25) is 4.79 Å². The van der Waals surface area contributed by atoms with Gasteiger partial charge in [0.25, 0.3) is 0 Å². The number of pyridine rings is 1. The average molecular weight is 315 g/mol. The largest absolute Gasteiger partial charge is 0.381 e. The maximum atomic E-state index is 11.4. The van der Waals surface area contributed by atoms with E-state index in [9.17, 15) is 4.79 Å². The van der Waals surface area contributed by atoms with Crippen molar-refractivity contribution in [2.75, 3.05) is 18.4 Å². The summed E-state index contributed by atoms with van der Waals surface area (Å²) in [5.41, 5.74) is 3.17. The maximum Gasteiger partial charge on any atom is 0.219 e. The minimum absolute atomic E-state index is 0.173. The van der Waals surface area contributed by atoms with Crippen LogP contribution in [-0.4, -0.2) is 44.7 Å². The number of aromatic nitrogens is 3. The lowest BCUT2D eigenvalue weighted by Crippen LogP contribution is -2.41. The van der Waals surface area contributed by atoms with E-state index in [0.717, 1.165) is 61.3 Å². The molecule has 0 aromatic carbocycles. The quantitative estimate of drug-likeness (QED) is 0.941. The first-order chi connectivity index (χ1) is 11.1. The highest BCUT2D eigenvalue weighted by Crippen LogP contribution is 2.28. The van der Waals surface area contributed by atoms with Crippen LogP contribution >= 0.6 is 0 Å². The average Bonchev–Trinajstić information content (AvgIpc) is 2.94. The fraction of sp³-hybridized carbons (Fsp3) is 0.588. The second kappa shape index (κ2) is 6.56. The summed E-state index contributed by atoms with van der Waals surface area (Å²) in [4.78, 5) is 17.9. The predicted molar refractivity (Wildman–Crippen MR) is 91.5 cm³/mol. The molecule has 3 heterocycles. The Morgan fingerprint density at radius 1 is 1.35 bits per heavy atom. The summed E-state index contributed by atoms with van der Waals surface area (Å²) in [6.07, 6.45) is 4.70. The monoisotopic (exact) mass is 315 g/mol. The van der Waals surface area contributed by atoms with E-state index in [1.54, 1.807) is 6.92 Å². The van der Waals surface area contributed by atoms with E-state index in [1.807, 2.05) is 21.8 Å². The fourth-order valence-electron chi connectivity index (χ4n) is 3.32. The third kappa shape index (κ3) is 3.02. The van der Waals surface area contributed by atoms with E-state index < -0.39 is 0 Å². The van der Waals surface area contributed by atoms with Crippen LogP contribution in [0.3, 0.4) is 0 Å². The standard InChI is InChI=1S/C17H25N5O/c1-4-14-16-15(6-9-18-17(16)22(5-2)20-14)19-13-7-10-21(11-8-13)12(3)23/h6,9,13H,4-5,7-8,10-11H2,1-3H3,(H,18,19). The van der Waals surface area contributed by atoms with Crippen molar-refractivity contribution in [3.63, 3.8) is 0 Å². The van der Waals surface area contributed by atoms with Gasteiger partial charge in [0.2, 0.25) is 5.91 Å². The van der Waals surface area contributed by atoms with Gasteiger partial charge in [-0.05, 0) is 32.3 Å². The third-order valence-corrected chi connectivity index (χ3v) is 4.64. The number of nitrogens with one attached hydrogen (secondary N) is 1. The zero-order valence-corrected chi connectivity index (χ0v) is 14.2. The lowest BCUT2D eigenvalue weighted by atomic mass is 10.0. The Kier molecular flexibility index (Phi) is 4.50. The first-order valence-corrected chi connectivity index (χ1v) is 8.50. The smallest absolute Gasteiger partial charge is 0.219 e. The molecule has 0 bridgehead atoms. The van der Waals surface area contributed by atoms with E-state index in [0.29, 0.717) is 6.04 Å². The molecule has 1 N–H and O–H groups in total. The molecule has 0 spiro atoms. The van der Waals surface area contributed by atoms with Crippen LogP contribution in [0.4, 0.5) is 5.69 Å². The van der Waals surface area contributed by atoms with Gasteiger partial charge in [0, 0.05) is 44.5 Å². The number of aryl methyl sites for hydroxylation is 2. The Hall–Kier alpha value is -2.11. The van der Waals surface area contributed by atoms with E-state index >= 15 is 0 Å². The molecular weight excluding hydrogens is 290 g/mol. The van der Waals surface area contributed by atoms with Crippen LogP contribution in [0.5, 0.6) is 0 Å². The summed E-state index contributed by atoms with van der Waals surface area (Å²) in [5, 5.41) is 9.49. The molecule has 2 aromatic rings. The SMILES string of the molecule is CCc1nn(CC)c2nccc(NC3CCN(C(C)=O)CC3)c12. The van der Waals surface area contributed by atoms with Crippen molar-refractivity contribution in [2.45, 2.75) is 52.6 Å². The summed E-state index contributed by atoms with van der Waals surface area (Å²) >= 11 is 0. The Morgan fingerprint density at radius 2 is 2.09 bits per heavy atom. The number of fused-ring (bicyclic) bond motifs is 1. The molecular formula is C17H25N5O. The van der Waals surface area contributed by atoms with Crippen LogP contribution in [0, 0.1) is 0 Å². The van der Waals surface area contributed by atoms with Gasteiger partial charge in [-0.1, -0.05) is 6.92 Å². The highest BCUT2D eigenvalue weighted by atomic mass is 16.2. The number of likely N-dealkylation sites (tertiary alicyclic amines) is 1. The molecule has 1 amide bonds. The van der Waals surface area contributed by atoms with Gasteiger partial charge in [0.05, 0.1) is 11.1 Å². The van der Waals surface area contributed by atoms with Crippen molar-refractivity contribution in [2.24, 2.45) is 0 Å². The van der Waals surface area contributed by atoms with E-state index in [1.165, 1.54) is 0 Å². The molecule has 0 atom stereocenters. The molecule has 6 heteroatoms. The van der Waals surface area contributed by atoms with Crippen molar-refractivity contribution in [3.05, 3.63) is 18.0 Å². The molecule has 23 heavy (non-hydrogen) atoms. The number of anilines is 1. The summed E-state index contributed by atoms with van der Waals surface area (Å²) in [6.45, 7) is 8.35. The predicted octanol–water partition coefficient (Wildman–Crippen LogP) is 2.44. The molecule has 6 nitrogen and oxygen atoms in total. The van der Waals surface area contributed by atoms with Gasteiger partial charge in [0.15, 0.2) is 5.65 Å². The molecule has 1 aliphatic rings. The molecule has 0 aliphatic carbocycles. The second-order valence-corrected chi connectivity index (χ2v) is 6.10. The lowest BCUT2D eigenvalue weighted by Gasteiger charge is -2.32. The van der Waals surface area contributed by atoms with Gasteiger partial charge < -0.3 is 10.2 Å². The fourth-order valence-corrected chi connectivity index (χ4v) is 3.32. The second-order valence-electron chi connectivity index (χ2n) is 6.10. The lowest BCUT2D eigenvalue weighted by molar-refractivity contribution is -0.129. The molecule has 1 fully saturated rings. The molecule has 0 saturated carbocycles. The number of hydrogen-bond acceptors (Lipinski definition) is 4. The first kappa shape index (κ1) is 15.8. The Morgan fingerprint density at radius 3 is 2.70 bits per heavy atom. The van der Waals surface area contributed by atoms with Crippen LogP contribution in [0.15, 0.2) is 12.3 Å². The Balaban J connectivity index is 1.83. The van der Waals surface area contributed by atoms with Gasteiger partial charge >= 0.3 is 0 Å². The molecule has 1 saturated heterocycles. The van der Waals surface area contributed by atoms with Gasteiger partial charge in [0.1, 0.15) is 0 Å². The number of hydrogen-bond donors (Lipinski definition) is 1. The van der Waals surface area contributed by atoms with E-state index in [2.05, 4.69) is 29.2 Å². The molecule has 1 aliphatic heterocycles. The zero-order chi connectivity index (χ0) is 16.4. The molecule has 124 valence electrons. The van der Waals surface area contributed by atoms with Crippen molar-refractivity contribution >= 4 is 22.6 Å². The summed E-state index contributed by atoms with van der Waals surface area (Å²) < 4.78 is 1.97. The highest BCUT2D eigenvalue weighted by Gasteiger charge is 2.22. The van der Waals surface area contributed by atoms with Crippen molar-refractivity contribution in [1.82, 2.24) is 19.7 Å². The van der Waals surface area contributed by atoms with Crippen LogP contribution in [-0.2, 0) is 17.8 Å². The topological polar surface area (TPSA) is 63.1 Å². The van der Waals surface area contributed by atoms with Gasteiger partial charge in [-0.15, -0.1) is 0 Å². The Bertz CT molecular complexity index is 700. The molecule has 2 aromatic heterocycles. The number of carbonyl (C=O) groups is 1. The van der Waals surface area contributed by atoms with Crippen LogP contribution < -0.4 is 5.32 Å². The number of rotatable bonds is 4. The minimum Gasteiger partial charge on any atom is -0.381 e. The third-order valence-electron chi connectivity index (χ3n) is 4.64. The van der Waals surface area contributed by atoms with Crippen molar-refractivity contribution < 1.29 is 4.79 Å². The summed E-state index contributed by atoms with van der Waals surface area (Å²) in [5.74, 6) is 0.173. The van der Waals surface area contributed by atoms with Crippen molar-refractivity contribution in [1.29, 1.82) is 0 Å². The number of nitrogens with zero attached hydrogens (tertiary/aromatic N) is 4. The van der Waals surface area contributed by atoms with Crippen LogP contribution in [0.2, 0.25) is 0 Å². The van der Waals surface area contributed by atoms with Gasteiger partial charge in [-0.25, -0.2) is 9.67 Å². The minimum atomic E-state index is 0.173. The first-order valence-electron chi connectivity index (χ1n) is 8.50. The maximum absolute atomic E-state index is 11.4. The number of piperidine rings is 1. The molecule has 3 rings (SSSR count). The van der Waals surface area contributed by atoms with E-state index in [4.69, 9.17) is 0 Å². The normalized spacial score (nSPS) is 16.0. The Labute approximate surface area is 136 Å². The van der Waals surface area contributed by atoms with Crippen LogP contribution in [0.1, 0.15) is 39.3 Å². The molecule has 0 unspecified atom stereocenters. The summed E-state index contributed by atoms with van der Waals surface area (Å²) in [7, 11) is 0. The zero-order valence-electron chi connectivity index (χ0n) is 14.2. The highest BCUT2D eigenvalue weighted by molar-refractivity contribution is 5.91. The van der Waals surface area contributed by atoms with Crippen LogP contribution in [0.25, 0.3) is 11.0 Å². The number of amides is 1. The van der Waals surface area contributed by atoms with Gasteiger partial charge in [-0.2, -0.15) is 5.10 Å².